The number of aromatic nitrogens is 1. The van der Waals surface area contributed by atoms with Gasteiger partial charge < -0.3 is 14.4 Å². The Bertz CT molecular complexity index is 2310. The SMILES string of the molecule is CCOC(=O)C1=C(c2ccccc2)N=c2s/c(=C3\C(=O)N(Cc4ccc(Cl)cc4)c4ccccc43)c(=O)n2[C@@H]1c1cc(Cl)ccc1OC. The number of benzene rings is 4. The van der Waals surface area contributed by atoms with Crippen LogP contribution in [0, 0.1) is 0 Å². The molecule has 1 aromatic heterocycles. The summed E-state index contributed by atoms with van der Waals surface area (Å²) in [5.74, 6) is -0.544. The normalized spacial score (nSPS) is 16.4. The van der Waals surface area contributed by atoms with E-state index in [-0.39, 0.29) is 34.7 Å². The molecule has 2 aliphatic rings. The van der Waals surface area contributed by atoms with E-state index in [2.05, 4.69) is 0 Å². The van der Waals surface area contributed by atoms with E-state index in [0.717, 1.165) is 16.9 Å². The smallest absolute Gasteiger partial charge is 0.338 e. The third kappa shape index (κ3) is 5.43. The van der Waals surface area contributed by atoms with E-state index in [0.29, 0.717) is 48.7 Å². The number of hydrogen-bond donors (Lipinski definition) is 0. The van der Waals surface area contributed by atoms with Gasteiger partial charge in [0.05, 0.1) is 42.8 Å². The molecular formula is C37H27Cl2N3O5S. The fourth-order valence-electron chi connectivity index (χ4n) is 6.13. The number of rotatable bonds is 7. The van der Waals surface area contributed by atoms with Crippen LogP contribution in [0.2, 0.25) is 10.0 Å². The van der Waals surface area contributed by atoms with E-state index in [9.17, 15) is 14.4 Å². The fraction of sp³-hybridized carbons (Fsp3) is 0.135. The molecule has 0 radical (unpaired) electrons. The molecule has 2 aliphatic heterocycles. The zero-order chi connectivity index (χ0) is 33.5. The number of methoxy groups -OCH3 is 1. The van der Waals surface area contributed by atoms with Crippen LogP contribution in [-0.4, -0.2) is 30.2 Å². The molecule has 0 unspecified atom stereocenters. The predicted octanol–water partition coefficient (Wildman–Crippen LogP) is 6.17. The minimum absolute atomic E-state index is 0.104. The Labute approximate surface area is 289 Å². The van der Waals surface area contributed by atoms with Crippen molar-refractivity contribution >= 4 is 63.4 Å². The number of amides is 1. The average Bonchev–Trinajstić information content (AvgIpc) is 3.57. The lowest BCUT2D eigenvalue weighted by Crippen LogP contribution is -2.41. The molecule has 11 heteroatoms. The largest absolute Gasteiger partial charge is 0.496 e. The third-order valence-electron chi connectivity index (χ3n) is 8.24. The molecule has 4 aromatic carbocycles. The zero-order valence-electron chi connectivity index (χ0n) is 25.8. The van der Waals surface area contributed by atoms with E-state index in [1.54, 1.807) is 42.2 Å². The summed E-state index contributed by atoms with van der Waals surface area (Å²) in [7, 11) is 1.51. The first-order valence-electron chi connectivity index (χ1n) is 15.1. The number of ether oxygens (including phenoxy) is 2. The Morgan fingerprint density at radius 3 is 2.35 bits per heavy atom. The summed E-state index contributed by atoms with van der Waals surface area (Å²) in [4.78, 5) is 49.8. The quantitative estimate of drug-likeness (QED) is 0.190. The van der Waals surface area contributed by atoms with Crippen molar-refractivity contribution in [3.63, 3.8) is 0 Å². The lowest BCUT2D eigenvalue weighted by atomic mass is 9.92. The van der Waals surface area contributed by atoms with Gasteiger partial charge in [-0.25, -0.2) is 9.79 Å². The number of halogens is 2. The summed E-state index contributed by atoms with van der Waals surface area (Å²) in [6, 6.07) is 27.9. The van der Waals surface area contributed by atoms with E-state index in [1.165, 1.54) is 11.7 Å². The number of nitrogens with zero attached hydrogens (tertiary/aromatic N) is 3. The Hall–Kier alpha value is -4.96. The Morgan fingerprint density at radius 2 is 1.62 bits per heavy atom. The molecule has 7 rings (SSSR count). The Morgan fingerprint density at radius 1 is 0.917 bits per heavy atom. The predicted molar refractivity (Wildman–Crippen MR) is 187 cm³/mol. The van der Waals surface area contributed by atoms with Gasteiger partial charge in [-0.1, -0.05) is 95.2 Å². The van der Waals surface area contributed by atoms with Crippen molar-refractivity contribution < 1.29 is 19.1 Å². The Balaban J connectivity index is 1.52. The number of thiazole rings is 1. The second-order valence-electron chi connectivity index (χ2n) is 11.0. The maximum atomic E-state index is 14.8. The number of carbonyl (C=O) groups is 2. The monoisotopic (exact) mass is 695 g/mol. The molecule has 3 heterocycles. The average molecular weight is 697 g/mol. The van der Waals surface area contributed by atoms with Crippen molar-refractivity contribution in [3.05, 3.63) is 155 Å². The molecule has 48 heavy (non-hydrogen) atoms. The maximum absolute atomic E-state index is 14.8. The maximum Gasteiger partial charge on any atom is 0.338 e. The molecule has 5 aromatic rings. The van der Waals surface area contributed by atoms with Gasteiger partial charge >= 0.3 is 5.97 Å². The third-order valence-corrected chi connectivity index (χ3v) is 9.78. The van der Waals surface area contributed by atoms with Gasteiger partial charge in [0.15, 0.2) is 4.80 Å². The van der Waals surface area contributed by atoms with Crippen molar-refractivity contribution in [1.82, 2.24) is 4.57 Å². The summed E-state index contributed by atoms with van der Waals surface area (Å²) in [5.41, 5.74) is 3.60. The number of fused-ring (bicyclic) bond motifs is 2. The first-order chi connectivity index (χ1) is 23.3. The summed E-state index contributed by atoms with van der Waals surface area (Å²) >= 11 is 13.7. The molecule has 8 nitrogen and oxygen atoms in total. The molecular weight excluding hydrogens is 669 g/mol. The number of anilines is 1. The molecule has 0 fully saturated rings. The van der Waals surface area contributed by atoms with Gasteiger partial charge in [0.2, 0.25) is 0 Å². The second-order valence-corrected chi connectivity index (χ2v) is 12.9. The molecule has 0 saturated heterocycles. The van der Waals surface area contributed by atoms with Gasteiger partial charge in [0, 0.05) is 26.7 Å². The molecule has 1 amide bonds. The molecule has 1 atom stereocenters. The molecule has 0 aliphatic carbocycles. The number of hydrogen-bond acceptors (Lipinski definition) is 7. The summed E-state index contributed by atoms with van der Waals surface area (Å²) in [5, 5.41) is 0.978. The van der Waals surface area contributed by atoms with Crippen LogP contribution in [0.3, 0.4) is 0 Å². The van der Waals surface area contributed by atoms with Gasteiger partial charge in [0.1, 0.15) is 16.3 Å². The summed E-state index contributed by atoms with van der Waals surface area (Å²) in [6.45, 7) is 2.10. The van der Waals surface area contributed by atoms with Crippen molar-refractivity contribution in [2.75, 3.05) is 18.6 Å². The van der Waals surface area contributed by atoms with Crippen LogP contribution in [0.1, 0.15) is 35.2 Å². The minimum Gasteiger partial charge on any atom is -0.496 e. The topological polar surface area (TPSA) is 90.2 Å². The van der Waals surface area contributed by atoms with Crippen LogP contribution in [0.4, 0.5) is 5.69 Å². The molecule has 240 valence electrons. The number of para-hydroxylation sites is 1. The standard InChI is InChI=1S/C37H27Cl2N3O5S/c1-3-47-36(45)30-31(22-9-5-4-6-10-22)40-37-42(32(30)26-19-24(39)17-18-28(26)46-2)35(44)33(48-37)29-25-11-7-8-12-27(25)41(34(29)43)20-21-13-15-23(38)16-14-21/h4-19,32H,3,20H2,1-2H3/b33-29-/t32-/m1/s1. The van der Waals surface area contributed by atoms with E-state index >= 15 is 0 Å². The lowest BCUT2D eigenvalue weighted by molar-refractivity contribution is -0.138. The van der Waals surface area contributed by atoms with Crippen LogP contribution in [-0.2, 0) is 20.9 Å². The number of carbonyl (C=O) groups excluding carboxylic acids is 2. The first-order valence-corrected chi connectivity index (χ1v) is 16.7. The van der Waals surface area contributed by atoms with Crippen LogP contribution in [0.5, 0.6) is 5.75 Å². The van der Waals surface area contributed by atoms with Crippen LogP contribution >= 0.6 is 34.5 Å². The van der Waals surface area contributed by atoms with E-state index in [4.69, 9.17) is 37.7 Å². The van der Waals surface area contributed by atoms with Crippen LogP contribution in [0.25, 0.3) is 11.3 Å². The zero-order valence-corrected chi connectivity index (χ0v) is 28.1. The Kier molecular flexibility index (Phi) is 8.51. The van der Waals surface area contributed by atoms with E-state index in [1.807, 2.05) is 66.7 Å². The summed E-state index contributed by atoms with van der Waals surface area (Å²) < 4.78 is 13.0. The fourth-order valence-corrected chi connectivity index (χ4v) is 7.53. The second kappa shape index (κ2) is 12.9. The molecule has 0 saturated carbocycles. The van der Waals surface area contributed by atoms with Crippen molar-refractivity contribution in [2.45, 2.75) is 19.5 Å². The van der Waals surface area contributed by atoms with Gasteiger partial charge in [-0.2, -0.15) is 0 Å². The molecule has 0 bridgehead atoms. The van der Waals surface area contributed by atoms with Crippen LogP contribution < -0.4 is 24.5 Å². The number of esters is 1. The van der Waals surface area contributed by atoms with E-state index < -0.39 is 17.6 Å². The van der Waals surface area contributed by atoms with Crippen molar-refractivity contribution in [1.29, 1.82) is 0 Å². The highest BCUT2D eigenvalue weighted by atomic mass is 35.5. The van der Waals surface area contributed by atoms with Crippen LogP contribution in [0.15, 0.2) is 112 Å². The summed E-state index contributed by atoms with van der Waals surface area (Å²) in [6.07, 6.45) is 0. The van der Waals surface area contributed by atoms with Crippen molar-refractivity contribution in [3.8, 4) is 5.75 Å². The lowest BCUT2D eigenvalue weighted by Gasteiger charge is -2.27. The molecule has 0 N–H and O–H groups in total. The van der Waals surface area contributed by atoms with Gasteiger partial charge in [-0.3, -0.25) is 14.2 Å². The highest BCUT2D eigenvalue weighted by molar-refractivity contribution is 7.07. The molecule has 0 spiro atoms. The highest BCUT2D eigenvalue weighted by Gasteiger charge is 2.39. The first kappa shape index (κ1) is 31.6. The minimum atomic E-state index is -1.03. The van der Waals surface area contributed by atoms with Gasteiger partial charge in [0.25, 0.3) is 11.5 Å². The van der Waals surface area contributed by atoms with Gasteiger partial charge in [-0.15, -0.1) is 0 Å². The van der Waals surface area contributed by atoms with Crippen molar-refractivity contribution in [2.24, 2.45) is 4.99 Å². The highest BCUT2D eigenvalue weighted by Crippen LogP contribution is 2.40. The van der Waals surface area contributed by atoms with Gasteiger partial charge in [-0.05, 0) is 48.9 Å².